The van der Waals surface area contributed by atoms with Crippen LogP contribution in [0.3, 0.4) is 0 Å². The molecule has 18 heavy (non-hydrogen) atoms. The predicted molar refractivity (Wildman–Crippen MR) is 67.2 cm³/mol. The molecule has 0 spiro atoms. The molecular formula is C11H20N2O4S. The summed E-state index contributed by atoms with van der Waals surface area (Å²) in [7, 11) is -2.95. The Morgan fingerprint density at radius 1 is 1.50 bits per heavy atom. The second-order valence-corrected chi connectivity index (χ2v) is 7.13. The minimum Gasteiger partial charge on any atom is -0.375 e. The number of nitrogens with zero attached hydrogens (tertiary/aromatic N) is 1. The second-order valence-electron chi connectivity index (χ2n) is 4.90. The molecule has 0 saturated carbocycles. The number of ether oxygens (including phenoxy) is 1. The van der Waals surface area contributed by atoms with Crippen LogP contribution in [0.2, 0.25) is 0 Å². The molecule has 0 aromatic rings. The van der Waals surface area contributed by atoms with Gasteiger partial charge in [0.2, 0.25) is 0 Å². The van der Waals surface area contributed by atoms with Crippen LogP contribution < -0.4 is 5.32 Å². The first kappa shape index (κ1) is 13.6. The molecule has 104 valence electrons. The van der Waals surface area contributed by atoms with Crippen molar-refractivity contribution in [3.05, 3.63) is 0 Å². The molecule has 0 radical (unpaired) electrons. The fraction of sp³-hybridized carbons (Fsp3) is 0.909. The van der Waals surface area contributed by atoms with Crippen molar-refractivity contribution in [2.75, 3.05) is 31.2 Å². The van der Waals surface area contributed by atoms with E-state index in [1.807, 2.05) is 6.92 Å². The van der Waals surface area contributed by atoms with Crippen LogP contribution in [0, 0.1) is 0 Å². The molecule has 0 aromatic heterocycles. The zero-order valence-corrected chi connectivity index (χ0v) is 11.4. The number of morpholine rings is 1. The van der Waals surface area contributed by atoms with Gasteiger partial charge in [-0.25, -0.2) is 13.2 Å². The van der Waals surface area contributed by atoms with Gasteiger partial charge in [-0.2, -0.15) is 0 Å². The van der Waals surface area contributed by atoms with Gasteiger partial charge in [-0.15, -0.1) is 0 Å². The summed E-state index contributed by atoms with van der Waals surface area (Å²) >= 11 is 0. The summed E-state index contributed by atoms with van der Waals surface area (Å²) in [5.41, 5.74) is 0. The van der Waals surface area contributed by atoms with Crippen molar-refractivity contribution in [3.63, 3.8) is 0 Å². The first-order chi connectivity index (χ1) is 8.50. The van der Waals surface area contributed by atoms with E-state index in [2.05, 4.69) is 5.32 Å². The van der Waals surface area contributed by atoms with E-state index < -0.39 is 9.84 Å². The lowest BCUT2D eigenvalue weighted by Gasteiger charge is -2.33. The molecule has 2 aliphatic rings. The molecule has 2 rings (SSSR count). The highest BCUT2D eigenvalue weighted by Gasteiger charge is 2.31. The molecule has 2 saturated heterocycles. The fourth-order valence-corrected chi connectivity index (χ4v) is 4.00. The number of nitrogens with one attached hydrogen (secondary N) is 1. The molecule has 7 heteroatoms. The van der Waals surface area contributed by atoms with E-state index in [1.54, 1.807) is 4.90 Å². The molecule has 2 amide bonds. The summed E-state index contributed by atoms with van der Waals surface area (Å²) in [6.07, 6.45) is 1.49. The van der Waals surface area contributed by atoms with Crippen LogP contribution in [0.25, 0.3) is 0 Å². The lowest BCUT2D eigenvalue weighted by molar-refractivity contribution is -0.0156. The van der Waals surface area contributed by atoms with Gasteiger partial charge in [0, 0.05) is 19.1 Å². The van der Waals surface area contributed by atoms with Gasteiger partial charge in [-0.1, -0.05) is 6.92 Å². The number of amides is 2. The molecule has 0 aliphatic carbocycles. The molecule has 2 atom stereocenters. The zero-order valence-electron chi connectivity index (χ0n) is 10.6. The highest BCUT2D eigenvalue weighted by atomic mass is 32.2. The Labute approximate surface area is 108 Å². The van der Waals surface area contributed by atoms with Crippen LogP contribution >= 0.6 is 0 Å². The minimum atomic E-state index is -2.95. The van der Waals surface area contributed by atoms with E-state index in [1.165, 1.54) is 0 Å². The summed E-state index contributed by atoms with van der Waals surface area (Å²) < 4.78 is 28.1. The maximum absolute atomic E-state index is 12.0. The molecule has 0 unspecified atom stereocenters. The molecule has 0 aromatic carbocycles. The number of urea groups is 1. The predicted octanol–water partition coefficient (Wildman–Crippen LogP) is -0.00610. The van der Waals surface area contributed by atoms with Gasteiger partial charge in [-0.3, -0.25) is 0 Å². The number of rotatable bonds is 2. The first-order valence-electron chi connectivity index (χ1n) is 6.37. The highest BCUT2D eigenvalue weighted by molar-refractivity contribution is 7.91. The molecule has 0 bridgehead atoms. The maximum atomic E-state index is 12.0. The topological polar surface area (TPSA) is 75.7 Å². The Bertz CT molecular complexity index is 409. The SMILES string of the molecule is CC[C@H]1CN(C(=O)N[C@H]2CCS(=O)(=O)C2)CCO1. The third-order valence-corrected chi connectivity index (χ3v) is 5.21. The van der Waals surface area contributed by atoms with Crippen molar-refractivity contribution in [2.24, 2.45) is 0 Å². The summed E-state index contributed by atoms with van der Waals surface area (Å²) in [5.74, 6) is 0.249. The summed E-state index contributed by atoms with van der Waals surface area (Å²) in [4.78, 5) is 13.7. The Kier molecular flexibility index (Phi) is 4.11. The van der Waals surface area contributed by atoms with E-state index in [4.69, 9.17) is 4.74 Å². The van der Waals surface area contributed by atoms with Gasteiger partial charge < -0.3 is 15.0 Å². The van der Waals surface area contributed by atoms with E-state index in [0.29, 0.717) is 26.1 Å². The van der Waals surface area contributed by atoms with Crippen molar-refractivity contribution >= 4 is 15.9 Å². The molecule has 2 heterocycles. The summed E-state index contributed by atoms with van der Waals surface area (Å²) in [5, 5.41) is 2.80. The maximum Gasteiger partial charge on any atom is 0.317 e. The molecule has 6 nitrogen and oxygen atoms in total. The average molecular weight is 276 g/mol. The summed E-state index contributed by atoms with van der Waals surface area (Å²) in [6, 6.07) is -0.399. The van der Waals surface area contributed by atoms with E-state index in [9.17, 15) is 13.2 Å². The number of hydrogen-bond acceptors (Lipinski definition) is 4. The third kappa shape index (κ3) is 3.35. The van der Waals surface area contributed by atoms with Crippen LogP contribution in [-0.4, -0.2) is 62.7 Å². The first-order valence-corrected chi connectivity index (χ1v) is 8.20. The number of carbonyl (C=O) groups excluding carboxylic acids is 1. The quantitative estimate of drug-likeness (QED) is 0.770. The van der Waals surface area contributed by atoms with Gasteiger partial charge in [0.05, 0.1) is 24.2 Å². The van der Waals surface area contributed by atoms with Crippen molar-refractivity contribution in [1.82, 2.24) is 10.2 Å². The van der Waals surface area contributed by atoms with E-state index in [-0.39, 0.29) is 29.7 Å². The van der Waals surface area contributed by atoms with E-state index >= 15 is 0 Å². The fourth-order valence-electron chi connectivity index (χ4n) is 2.33. The van der Waals surface area contributed by atoms with Crippen molar-refractivity contribution in [2.45, 2.75) is 31.9 Å². The minimum absolute atomic E-state index is 0.0697. The van der Waals surface area contributed by atoms with Crippen LogP contribution in [0.15, 0.2) is 0 Å². The van der Waals surface area contributed by atoms with Crippen LogP contribution in [0.1, 0.15) is 19.8 Å². The van der Waals surface area contributed by atoms with Crippen molar-refractivity contribution in [3.8, 4) is 0 Å². The smallest absolute Gasteiger partial charge is 0.317 e. The lowest BCUT2D eigenvalue weighted by Crippen LogP contribution is -2.51. The van der Waals surface area contributed by atoms with Crippen molar-refractivity contribution in [1.29, 1.82) is 0 Å². The van der Waals surface area contributed by atoms with Crippen LogP contribution in [0.5, 0.6) is 0 Å². The van der Waals surface area contributed by atoms with E-state index in [0.717, 1.165) is 6.42 Å². The normalized spacial score (nSPS) is 31.3. The Balaban J connectivity index is 1.84. The highest BCUT2D eigenvalue weighted by Crippen LogP contribution is 2.13. The molecule has 2 aliphatic heterocycles. The number of sulfone groups is 1. The molecule has 1 N–H and O–H groups in total. The van der Waals surface area contributed by atoms with Gasteiger partial charge in [-0.05, 0) is 12.8 Å². The van der Waals surface area contributed by atoms with Gasteiger partial charge >= 0.3 is 6.03 Å². The monoisotopic (exact) mass is 276 g/mol. The zero-order chi connectivity index (χ0) is 13.2. The Morgan fingerprint density at radius 3 is 2.89 bits per heavy atom. The van der Waals surface area contributed by atoms with Crippen LogP contribution in [0.4, 0.5) is 4.79 Å². The average Bonchev–Trinajstić information content (AvgIpc) is 2.68. The molecule has 2 fully saturated rings. The lowest BCUT2D eigenvalue weighted by atomic mass is 10.2. The third-order valence-electron chi connectivity index (χ3n) is 3.44. The Morgan fingerprint density at radius 2 is 2.28 bits per heavy atom. The van der Waals surface area contributed by atoms with Crippen molar-refractivity contribution < 1.29 is 17.9 Å². The number of carbonyl (C=O) groups is 1. The standard InChI is InChI=1S/C11H20N2O4S/c1-2-10-7-13(4-5-17-10)11(14)12-9-3-6-18(15,16)8-9/h9-10H,2-8H2,1H3,(H,12,14)/t9-,10-/m0/s1. The second kappa shape index (κ2) is 5.44. The van der Waals surface area contributed by atoms with Gasteiger partial charge in [0.15, 0.2) is 9.84 Å². The largest absolute Gasteiger partial charge is 0.375 e. The molecular weight excluding hydrogens is 256 g/mol. The van der Waals surface area contributed by atoms with Gasteiger partial charge in [0.25, 0.3) is 0 Å². The Hall–Kier alpha value is -0.820. The number of hydrogen-bond donors (Lipinski definition) is 1. The van der Waals surface area contributed by atoms with Gasteiger partial charge in [0.1, 0.15) is 0 Å². The van der Waals surface area contributed by atoms with Crippen LogP contribution in [-0.2, 0) is 14.6 Å². The summed E-state index contributed by atoms with van der Waals surface area (Å²) in [6.45, 7) is 3.73.